The van der Waals surface area contributed by atoms with E-state index in [1.165, 1.54) is 4.88 Å². The molecule has 0 bridgehead atoms. The van der Waals surface area contributed by atoms with Gasteiger partial charge in [0.1, 0.15) is 10.6 Å². The highest BCUT2D eigenvalue weighted by atomic mass is 32.1. The Balaban J connectivity index is 2.31. The highest BCUT2D eigenvalue weighted by Gasteiger charge is 2.29. The zero-order valence-corrected chi connectivity index (χ0v) is 12.3. The van der Waals surface area contributed by atoms with Crippen LogP contribution < -0.4 is 5.73 Å². The molecule has 1 aromatic rings. The molecule has 0 saturated carbocycles. The Bertz CT molecular complexity index is 471. The molecule has 1 aliphatic carbocycles. The normalized spacial score (nSPS) is 19.4. The van der Waals surface area contributed by atoms with E-state index < -0.39 is 5.60 Å². The first-order valence-electron chi connectivity index (χ1n) is 6.41. The molecule has 0 aliphatic heterocycles. The number of fused-ring (bicyclic) bond motifs is 1. The second-order valence-corrected chi connectivity index (χ2v) is 7.23. The quantitative estimate of drug-likeness (QED) is 0.793. The van der Waals surface area contributed by atoms with Gasteiger partial charge in [-0.1, -0.05) is 6.92 Å². The standard InChI is InChI=1S/C14H21NO2S/c1-8-5-6-9-10(7-8)18-12(15)11(9)13(16)17-14(2,3)4/h8H,5-7,15H2,1-4H3. The Morgan fingerprint density at radius 2 is 2.11 bits per heavy atom. The summed E-state index contributed by atoms with van der Waals surface area (Å²) < 4.78 is 5.44. The van der Waals surface area contributed by atoms with E-state index >= 15 is 0 Å². The molecule has 18 heavy (non-hydrogen) atoms. The Labute approximate surface area is 112 Å². The first-order valence-corrected chi connectivity index (χ1v) is 7.23. The van der Waals surface area contributed by atoms with Crippen LogP contribution in [0.25, 0.3) is 0 Å². The Morgan fingerprint density at radius 3 is 2.72 bits per heavy atom. The zero-order valence-electron chi connectivity index (χ0n) is 11.5. The van der Waals surface area contributed by atoms with Gasteiger partial charge < -0.3 is 10.5 Å². The van der Waals surface area contributed by atoms with E-state index in [1.807, 2.05) is 20.8 Å². The number of nitrogen functional groups attached to an aromatic ring is 1. The molecular formula is C14H21NO2S. The molecule has 1 heterocycles. The van der Waals surface area contributed by atoms with E-state index in [0.29, 0.717) is 16.5 Å². The van der Waals surface area contributed by atoms with Crippen molar-refractivity contribution in [3.8, 4) is 0 Å². The van der Waals surface area contributed by atoms with Crippen molar-refractivity contribution in [2.45, 2.75) is 52.6 Å². The molecule has 0 amide bonds. The van der Waals surface area contributed by atoms with Crippen LogP contribution in [0.2, 0.25) is 0 Å². The van der Waals surface area contributed by atoms with Crippen LogP contribution in [0.1, 0.15) is 54.9 Å². The lowest BCUT2D eigenvalue weighted by atomic mass is 9.88. The van der Waals surface area contributed by atoms with Gasteiger partial charge in [-0.15, -0.1) is 11.3 Å². The smallest absolute Gasteiger partial charge is 0.341 e. The number of carbonyl (C=O) groups excluding carboxylic acids is 1. The minimum atomic E-state index is -0.472. The van der Waals surface area contributed by atoms with Gasteiger partial charge in [-0.3, -0.25) is 0 Å². The third-order valence-corrected chi connectivity index (χ3v) is 4.23. The summed E-state index contributed by atoms with van der Waals surface area (Å²) in [5, 5.41) is 0.614. The molecule has 1 aliphatic rings. The fraction of sp³-hybridized carbons (Fsp3) is 0.643. The molecule has 100 valence electrons. The number of esters is 1. The maximum atomic E-state index is 12.2. The molecular weight excluding hydrogens is 246 g/mol. The fourth-order valence-corrected chi connectivity index (χ4v) is 3.59. The van der Waals surface area contributed by atoms with Gasteiger partial charge >= 0.3 is 5.97 Å². The first-order chi connectivity index (χ1) is 8.28. The molecule has 3 nitrogen and oxygen atoms in total. The second kappa shape index (κ2) is 4.57. The summed E-state index contributed by atoms with van der Waals surface area (Å²) in [6.45, 7) is 7.87. The third kappa shape index (κ3) is 2.69. The topological polar surface area (TPSA) is 52.3 Å². The van der Waals surface area contributed by atoms with E-state index in [-0.39, 0.29) is 5.97 Å². The Kier molecular flexibility index (Phi) is 3.41. The van der Waals surface area contributed by atoms with Crippen molar-refractivity contribution < 1.29 is 9.53 Å². The van der Waals surface area contributed by atoms with Gasteiger partial charge in [0.25, 0.3) is 0 Å². The average molecular weight is 267 g/mol. The molecule has 0 radical (unpaired) electrons. The van der Waals surface area contributed by atoms with Crippen molar-refractivity contribution in [3.63, 3.8) is 0 Å². The minimum Gasteiger partial charge on any atom is -0.456 e. The van der Waals surface area contributed by atoms with Gasteiger partial charge in [0, 0.05) is 4.88 Å². The number of thiophene rings is 1. The SMILES string of the molecule is CC1CCc2c(sc(N)c2C(=O)OC(C)(C)C)C1. The summed E-state index contributed by atoms with van der Waals surface area (Å²) in [4.78, 5) is 13.5. The number of hydrogen-bond donors (Lipinski definition) is 1. The van der Waals surface area contributed by atoms with Gasteiger partial charge in [0.2, 0.25) is 0 Å². The number of ether oxygens (including phenoxy) is 1. The van der Waals surface area contributed by atoms with Crippen LogP contribution in [0, 0.1) is 5.92 Å². The third-order valence-electron chi connectivity index (χ3n) is 3.14. The van der Waals surface area contributed by atoms with E-state index in [1.54, 1.807) is 11.3 Å². The second-order valence-electron chi connectivity index (χ2n) is 6.09. The zero-order chi connectivity index (χ0) is 13.5. The lowest BCUT2D eigenvalue weighted by Crippen LogP contribution is -2.25. The number of hydrogen-bond acceptors (Lipinski definition) is 4. The minimum absolute atomic E-state index is 0.271. The van der Waals surface area contributed by atoms with Crippen LogP contribution in [-0.2, 0) is 17.6 Å². The molecule has 1 unspecified atom stereocenters. The van der Waals surface area contributed by atoms with Crippen molar-refractivity contribution in [2.24, 2.45) is 5.92 Å². The summed E-state index contributed by atoms with van der Waals surface area (Å²) in [7, 11) is 0. The van der Waals surface area contributed by atoms with Crippen LogP contribution in [0.5, 0.6) is 0 Å². The molecule has 2 rings (SSSR count). The van der Waals surface area contributed by atoms with E-state index in [0.717, 1.165) is 24.8 Å². The van der Waals surface area contributed by atoms with E-state index in [4.69, 9.17) is 10.5 Å². The maximum absolute atomic E-state index is 12.2. The molecule has 1 atom stereocenters. The van der Waals surface area contributed by atoms with Crippen molar-refractivity contribution in [1.29, 1.82) is 0 Å². The summed E-state index contributed by atoms with van der Waals surface area (Å²) in [6.07, 6.45) is 3.10. The first kappa shape index (κ1) is 13.4. The molecule has 0 aromatic carbocycles. The van der Waals surface area contributed by atoms with Crippen molar-refractivity contribution in [2.75, 3.05) is 5.73 Å². The number of anilines is 1. The molecule has 0 saturated heterocycles. The van der Waals surface area contributed by atoms with Gasteiger partial charge in [-0.25, -0.2) is 4.79 Å². The largest absolute Gasteiger partial charge is 0.456 e. The Morgan fingerprint density at radius 1 is 1.44 bits per heavy atom. The van der Waals surface area contributed by atoms with Crippen molar-refractivity contribution in [1.82, 2.24) is 0 Å². The van der Waals surface area contributed by atoms with Crippen LogP contribution in [0.15, 0.2) is 0 Å². The van der Waals surface area contributed by atoms with Gasteiger partial charge in [0.15, 0.2) is 0 Å². The Hall–Kier alpha value is -1.03. The lowest BCUT2D eigenvalue weighted by Gasteiger charge is -2.22. The molecule has 0 spiro atoms. The van der Waals surface area contributed by atoms with E-state index in [2.05, 4.69) is 6.92 Å². The summed E-state index contributed by atoms with van der Waals surface area (Å²) in [5.41, 5.74) is 7.28. The lowest BCUT2D eigenvalue weighted by molar-refractivity contribution is 0.00698. The molecule has 0 fully saturated rings. The fourth-order valence-electron chi connectivity index (χ4n) is 2.32. The predicted molar refractivity (Wildman–Crippen MR) is 75.1 cm³/mol. The maximum Gasteiger partial charge on any atom is 0.341 e. The summed E-state index contributed by atoms with van der Waals surface area (Å²) >= 11 is 1.55. The van der Waals surface area contributed by atoms with Crippen LogP contribution in [0.3, 0.4) is 0 Å². The predicted octanol–water partition coefficient (Wildman–Crippen LogP) is 3.41. The van der Waals surface area contributed by atoms with Gasteiger partial charge in [-0.05, 0) is 51.5 Å². The van der Waals surface area contributed by atoms with Gasteiger partial charge in [0.05, 0.1) is 5.56 Å². The molecule has 1 aromatic heterocycles. The number of nitrogens with two attached hydrogens (primary N) is 1. The van der Waals surface area contributed by atoms with Crippen LogP contribution in [0.4, 0.5) is 5.00 Å². The highest BCUT2D eigenvalue weighted by molar-refractivity contribution is 7.16. The van der Waals surface area contributed by atoms with Gasteiger partial charge in [-0.2, -0.15) is 0 Å². The summed E-state index contributed by atoms with van der Waals surface area (Å²) in [5.74, 6) is 0.411. The highest BCUT2D eigenvalue weighted by Crippen LogP contribution is 2.38. The van der Waals surface area contributed by atoms with Crippen molar-refractivity contribution >= 4 is 22.3 Å². The van der Waals surface area contributed by atoms with E-state index in [9.17, 15) is 4.79 Å². The molecule has 4 heteroatoms. The van der Waals surface area contributed by atoms with Crippen molar-refractivity contribution in [3.05, 3.63) is 16.0 Å². The van der Waals surface area contributed by atoms with Crippen LogP contribution >= 0.6 is 11.3 Å². The average Bonchev–Trinajstić information content (AvgIpc) is 2.50. The summed E-state index contributed by atoms with van der Waals surface area (Å²) in [6, 6.07) is 0. The monoisotopic (exact) mass is 267 g/mol. The molecule has 2 N–H and O–H groups in total. The van der Waals surface area contributed by atoms with Crippen LogP contribution in [-0.4, -0.2) is 11.6 Å². The number of rotatable bonds is 1. The number of carbonyl (C=O) groups is 1.